The summed E-state index contributed by atoms with van der Waals surface area (Å²) >= 11 is 1.73. The van der Waals surface area contributed by atoms with E-state index in [4.69, 9.17) is 0 Å². The second-order valence-electron chi connectivity index (χ2n) is 6.06. The first-order valence-corrected chi connectivity index (χ1v) is 8.75. The molecule has 1 atom stereocenters. The van der Waals surface area contributed by atoms with Gasteiger partial charge in [0.1, 0.15) is 0 Å². The number of aryl methyl sites for hydroxylation is 1. The van der Waals surface area contributed by atoms with Gasteiger partial charge in [-0.15, -0.1) is 11.3 Å². The highest BCUT2D eigenvalue weighted by Crippen LogP contribution is 2.22. The Bertz CT molecular complexity index is 623. The van der Waals surface area contributed by atoms with Crippen LogP contribution in [0, 0.1) is 12.8 Å². The van der Waals surface area contributed by atoms with Gasteiger partial charge in [-0.1, -0.05) is 6.07 Å². The van der Waals surface area contributed by atoms with Gasteiger partial charge in [0.25, 0.3) is 0 Å². The Kier molecular flexibility index (Phi) is 4.88. The summed E-state index contributed by atoms with van der Waals surface area (Å²) in [5.41, 5.74) is 1.13. The molecule has 2 aromatic heterocycles. The smallest absolute Gasteiger partial charge is 0.227 e. The number of hydrogen-bond acceptors (Lipinski definition) is 3. The fourth-order valence-corrected chi connectivity index (χ4v) is 4.00. The number of piperidine rings is 1. The minimum Gasteiger partial charge on any atom is -0.342 e. The molecule has 1 amide bonds. The molecule has 0 aromatic carbocycles. The minimum atomic E-state index is 0.271. The van der Waals surface area contributed by atoms with Gasteiger partial charge in [-0.2, -0.15) is 0 Å². The van der Waals surface area contributed by atoms with E-state index in [9.17, 15) is 4.79 Å². The summed E-state index contributed by atoms with van der Waals surface area (Å²) in [6.07, 6.45) is 5.67. The molecule has 116 valence electrons. The molecule has 1 saturated heterocycles. The zero-order chi connectivity index (χ0) is 15.4. The standard InChI is InChI=1S/C18H22N2OS/c1-14-7-8-17(22-14)12-18(21)20-10-4-5-15(13-20)11-16-6-2-3-9-19-16/h2-3,6-9,15H,4-5,10-13H2,1H3. The van der Waals surface area contributed by atoms with E-state index < -0.39 is 0 Å². The highest BCUT2D eigenvalue weighted by atomic mass is 32.1. The molecule has 1 unspecified atom stereocenters. The van der Waals surface area contributed by atoms with Gasteiger partial charge in [-0.3, -0.25) is 9.78 Å². The van der Waals surface area contributed by atoms with E-state index in [1.165, 1.54) is 16.2 Å². The molecule has 0 radical (unpaired) electrons. The third kappa shape index (κ3) is 3.95. The maximum atomic E-state index is 12.5. The van der Waals surface area contributed by atoms with E-state index in [2.05, 4.69) is 30.1 Å². The van der Waals surface area contributed by atoms with Gasteiger partial charge in [0, 0.05) is 34.7 Å². The number of carbonyl (C=O) groups excluding carboxylic acids is 1. The van der Waals surface area contributed by atoms with Crippen LogP contribution in [0.25, 0.3) is 0 Å². The van der Waals surface area contributed by atoms with Crippen molar-refractivity contribution >= 4 is 17.2 Å². The van der Waals surface area contributed by atoms with Crippen molar-refractivity contribution in [3.8, 4) is 0 Å². The maximum absolute atomic E-state index is 12.5. The third-order valence-corrected chi connectivity index (χ3v) is 5.22. The molecule has 4 heteroatoms. The molecule has 3 nitrogen and oxygen atoms in total. The molecular weight excluding hydrogens is 292 g/mol. The lowest BCUT2D eigenvalue weighted by Crippen LogP contribution is -2.41. The summed E-state index contributed by atoms with van der Waals surface area (Å²) in [5, 5.41) is 0. The molecular formula is C18H22N2OS. The molecule has 2 aromatic rings. The number of carbonyl (C=O) groups is 1. The number of amides is 1. The first kappa shape index (κ1) is 15.2. The van der Waals surface area contributed by atoms with Gasteiger partial charge in [0.15, 0.2) is 0 Å². The van der Waals surface area contributed by atoms with E-state index in [0.717, 1.165) is 31.6 Å². The van der Waals surface area contributed by atoms with Gasteiger partial charge in [-0.05, 0) is 56.4 Å². The molecule has 3 heterocycles. The number of pyridine rings is 1. The molecule has 1 aliphatic heterocycles. The van der Waals surface area contributed by atoms with Crippen LogP contribution < -0.4 is 0 Å². The summed E-state index contributed by atoms with van der Waals surface area (Å²) in [5.74, 6) is 0.810. The summed E-state index contributed by atoms with van der Waals surface area (Å²) in [4.78, 5) is 21.4. The highest BCUT2D eigenvalue weighted by molar-refractivity contribution is 7.12. The van der Waals surface area contributed by atoms with Crippen molar-refractivity contribution in [2.75, 3.05) is 13.1 Å². The van der Waals surface area contributed by atoms with Crippen LogP contribution in [0.5, 0.6) is 0 Å². The summed E-state index contributed by atoms with van der Waals surface area (Å²) in [7, 11) is 0. The Morgan fingerprint density at radius 2 is 2.27 bits per heavy atom. The topological polar surface area (TPSA) is 33.2 Å². The van der Waals surface area contributed by atoms with E-state index in [-0.39, 0.29) is 5.91 Å². The molecule has 1 fully saturated rings. The average Bonchev–Trinajstić information content (AvgIpc) is 2.93. The van der Waals surface area contributed by atoms with Crippen molar-refractivity contribution in [3.63, 3.8) is 0 Å². The van der Waals surface area contributed by atoms with Gasteiger partial charge in [0.05, 0.1) is 6.42 Å². The number of thiophene rings is 1. The lowest BCUT2D eigenvalue weighted by molar-refractivity contribution is -0.132. The molecule has 0 saturated carbocycles. The van der Waals surface area contributed by atoms with Crippen LogP contribution in [0.15, 0.2) is 36.5 Å². The highest BCUT2D eigenvalue weighted by Gasteiger charge is 2.24. The SMILES string of the molecule is Cc1ccc(CC(=O)N2CCCC(Cc3ccccn3)C2)s1. The normalized spacial score (nSPS) is 18.4. The number of aromatic nitrogens is 1. The number of nitrogens with zero attached hydrogens (tertiary/aromatic N) is 2. The van der Waals surface area contributed by atoms with Crippen molar-refractivity contribution in [1.82, 2.24) is 9.88 Å². The zero-order valence-corrected chi connectivity index (χ0v) is 13.8. The molecule has 0 spiro atoms. The van der Waals surface area contributed by atoms with Crippen LogP contribution in [0.2, 0.25) is 0 Å². The summed E-state index contributed by atoms with van der Waals surface area (Å²) in [6.45, 7) is 3.87. The van der Waals surface area contributed by atoms with Crippen molar-refractivity contribution in [2.45, 2.75) is 32.6 Å². The second kappa shape index (κ2) is 7.05. The molecule has 0 bridgehead atoms. The number of rotatable bonds is 4. The van der Waals surface area contributed by atoms with Crippen LogP contribution in [0.4, 0.5) is 0 Å². The fraction of sp³-hybridized carbons (Fsp3) is 0.444. The molecule has 22 heavy (non-hydrogen) atoms. The average molecular weight is 314 g/mol. The van der Waals surface area contributed by atoms with Crippen LogP contribution >= 0.6 is 11.3 Å². The summed E-state index contributed by atoms with van der Waals surface area (Å²) < 4.78 is 0. The first-order chi connectivity index (χ1) is 10.7. The summed E-state index contributed by atoms with van der Waals surface area (Å²) in [6, 6.07) is 10.2. The van der Waals surface area contributed by atoms with E-state index in [1.807, 2.05) is 23.2 Å². The van der Waals surface area contributed by atoms with Gasteiger partial charge in [0.2, 0.25) is 5.91 Å². The molecule has 0 N–H and O–H groups in total. The zero-order valence-electron chi connectivity index (χ0n) is 13.0. The van der Waals surface area contributed by atoms with Crippen molar-refractivity contribution < 1.29 is 4.79 Å². The number of hydrogen-bond donors (Lipinski definition) is 0. The predicted octanol–water partition coefficient (Wildman–Crippen LogP) is 3.48. The molecule has 3 rings (SSSR count). The van der Waals surface area contributed by atoms with Crippen LogP contribution in [-0.2, 0) is 17.6 Å². The van der Waals surface area contributed by atoms with E-state index in [1.54, 1.807) is 11.3 Å². The Morgan fingerprint density at radius 1 is 1.36 bits per heavy atom. The Hall–Kier alpha value is -1.68. The lowest BCUT2D eigenvalue weighted by atomic mass is 9.93. The van der Waals surface area contributed by atoms with Crippen molar-refractivity contribution in [3.05, 3.63) is 52.0 Å². The third-order valence-electron chi connectivity index (χ3n) is 4.22. The van der Waals surface area contributed by atoms with Crippen LogP contribution in [0.1, 0.15) is 28.3 Å². The fourth-order valence-electron chi connectivity index (χ4n) is 3.11. The monoisotopic (exact) mass is 314 g/mol. The van der Waals surface area contributed by atoms with Crippen LogP contribution in [-0.4, -0.2) is 28.9 Å². The van der Waals surface area contributed by atoms with Gasteiger partial charge in [-0.25, -0.2) is 0 Å². The van der Waals surface area contributed by atoms with Crippen molar-refractivity contribution in [2.24, 2.45) is 5.92 Å². The predicted molar refractivity (Wildman–Crippen MR) is 90.0 cm³/mol. The lowest BCUT2D eigenvalue weighted by Gasteiger charge is -2.32. The maximum Gasteiger partial charge on any atom is 0.227 e. The largest absolute Gasteiger partial charge is 0.342 e. The van der Waals surface area contributed by atoms with Gasteiger partial charge >= 0.3 is 0 Å². The Balaban J connectivity index is 1.57. The van der Waals surface area contributed by atoms with E-state index in [0.29, 0.717) is 12.3 Å². The van der Waals surface area contributed by atoms with Crippen molar-refractivity contribution in [1.29, 1.82) is 0 Å². The van der Waals surface area contributed by atoms with E-state index >= 15 is 0 Å². The Morgan fingerprint density at radius 3 is 3.00 bits per heavy atom. The first-order valence-electron chi connectivity index (χ1n) is 7.94. The Labute approximate surface area is 136 Å². The number of likely N-dealkylation sites (tertiary alicyclic amines) is 1. The second-order valence-corrected chi connectivity index (χ2v) is 7.43. The quantitative estimate of drug-likeness (QED) is 0.865. The minimum absolute atomic E-state index is 0.271. The molecule has 1 aliphatic rings. The van der Waals surface area contributed by atoms with Crippen LogP contribution in [0.3, 0.4) is 0 Å². The van der Waals surface area contributed by atoms with Gasteiger partial charge < -0.3 is 4.90 Å². The molecule has 0 aliphatic carbocycles.